The van der Waals surface area contributed by atoms with Crippen LogP contribution in [0.25, 0.3) is 0 Å². The Bertz CT molecular complexity index is 579. The topological polar surface area (TPSA) is 61.8 Å². The Morgan fingerprint density at radius 3 is 2.67 bits per heavy atom. The van der Waals surface area contributed by atoms with Crippen molar-refractivity contribution in [3.05, 3.63) is 16.1 Å². The van der Waals surface area contributed by atoms with Crippen LogP contribution in [0.3, 0.4) is 0 Å². The molecule has 0 saturated carbocycles. The molecule has 2 N–H and O–H groups in total. The first kappa shape index (κ1) is 24.4. The van der Waals surface area contributed by atoms with E-state index in [9.17, 15) is 13.2 Å². The second-order valence-electron chi connectivity index (χ2n) is 6.27. The molecule has 0 aromatic carbocycles. The standard InChI is InChI=1S/C16H26F3N5OS.HI/c1-12(10-24-5-7-25-8-6-24)9-22-15(20-2)21-4-3-14-23-13(11-26-14)16(17,18)19;/h11-12H,3-10H2,1-2H3,(H2,20,21,22);1H. The fourth-order valence-electron chi connectivity index (χ4n) is 2.62. The van der Waals surface area contributed by atoms with Gasteiger partial charge in [0.15, 0.2) is 11.7 Å². The van der Waals surface area contributed by atoms with E-state index in [0.29, 0.717) is 29.9 Å². The molecule has 2 rings (SSSR count). The number of aliphatic imine (C=N–C) groups is 1. The quantitative estimate of drug-likeness (QED) is 0.328. The number of morpholine rings is 1. The number of ether oxygens (including phenoxy) is 1. The van der Waals surface area contributed by atoms with E-state index in [4.69, 9.17) is 4.74 Å². The Morgan fingerprint density at radius 1 is 1.37 bits per heavy atom. The molecule has 1 fully saturated rings. The molecule has 1 saturated heterocycles. The van der Waals surface area contributed by atoms with Crippen molar-refractivity contribution >= 4 is 41.3 Å². The molecule has 0 amide bonds. The minimum absolute atomic E-state index is 0. The van der Waals surface area contributed by atoms with Gasteiger partial charge in [0.2, 0.25) is 0 Å². The van der Waals surface area contributed by atoms with Crippen LogP contribution in [0.15, 0.2) is 10.4 Å². The van der Waals surface area contributed by atoms with E-state index in [2.05, 4.69) is 32.4 Å². The minimum Gasteiger partial charge on any atom is -0.379 e. The number of guanidine groups is 1. The van der Waals surface area contributed by atoms with Crippen LogP contribution >= 0.6 is 35.3 Å². The molecule has 1 aliphatic rings. The van der Waals surface area contributed by atoms with Crippen LogP contribution in [0, 0.1) is 5.92 Å². The van der Waals surface area contributed by atoms with Crippen molar-refractivity contribution in [1.29, 1.82) is 0 Å². The number of nitrogens with one attached hydrogen (secondary N) is 2. The predicted molar refractivity (Wildman–Crippen MR) is 112 cm³/mol. The van der Waals surface area contributed by atoms with Gasteiger partial charge in [-0.25, -0.2) is 4.98 Å². The molecule has 2 heterocycles. The Labute approximate surface area is 179 Å². The molecule has 0 radical (unpaired) electrons. The van der Waals surface area contributed by atoms with Crippen molar-refractivity contribution in [2.45, 2.75) is 19.5 Å². The largest absolute Gasteiger partial charge is 0.434 e. The van der Waals surface area contributed by atoms with Gasteiger partial charge in [0.1, 0.15) is 0 Å². The van der Waals surface area contributed by atoms with Gasteiger partial charge in [-0.1, -0.05) is 6.92 Å². The molecule has 156 valence electrons. The summed E-state index contributed by atoms with van der Waals surface area (Å²) in [6.45, 7) is 7.91. The Kier molecular flexibility index (Phi) is 10.9. The van der Waals surface area contributed by atoms with Gasteiger partial charge in [-0.2, -0.15) is 13.2 Å². The molecule has 6 nitrogen and oxygen atoms in total. The van der Waals surface area contributed by atoms with Crippen molar-refractivity contribution in [2.75, 3.05) is 53.0 Å². The lowest BCUT2D eigenvalue weighted by Crippen LogP contribution is -2.44. The van der Waals surface area contributed by atoms with Crippen molar-refractivity contribution in [3.63, 3.8) is 0 Å². The van der Waals surface area contributed by atoms with Crippen molar-refractivity contribution < 1.29 is 17.9 Å². The number of alkyl halides is 3. The van der Waals surface area contributed by atoms with Crippen LogP contribution in [-0.4, -0.2) is 68.8 Å². The molecule has 11 heteroatoms. The highest BCUT2D eigenvalue weighted by atomic mass is 127. The summed E-state index contributed by atoms with van der Waals surface area (Å²) in [6, 6.07) is 0. The van der Waals surface area contributed by atoms with E-state index < -0.39 is 11.9 Å². The molecule has 0 aliphatic carbocycles. The van der Waals surface area contributed by atoms with Gasteiger partial charge in [0, 0.05) is 51.6 Å². The number of hydrogen-bond acceptors (Lipinski definition) is 5. The van der Waals surface area contributed by atoms with Crippen LogP contribution < -0.4 is 10.6 Å². The highest BCUT2D eigenvalue weighted by Crippen LogP contribution is 2.29. The lowest BCUT2D eigenvalue weighted by molar-refractivity contribution is -0.140. The summed E-state index contributed by atoms with van der Waals surface area (Å²) in [6.07, 6.45) is -3.96. The Balaban J connectivity index is 0.00000364. The molecule has 1 aliphatic heterocycles. The molecule has 0 bridgehead atoms. The number of aromatic nitrogens is 1. The molecular weight excluding hydrogens is 494 g/mol. The molecule has 1 aromatic rings. The number of thiazole rings is 1. The summed E-state index contributed by atoms with van der Waals surface area (Å²) >= 11 is 1.03. The first-order chi connectivity index (χ1) is 12.4. The SMILES string of the molecule is CN=C(NCCc1nc(C(F)(F)F)cs1)NCC(C)CN1CCOCC1.I. The summed E-state index contributed by atoms with van der Waals surface area (Å²) < 4.78 is 43.0. The Hall–Kier alpha value is -0.660. The summed E-state index contributed by atoms with van der Waals surface area (Å²) in [5.74, 6) is 1.09. The fraction of sp³-hybridized carbons (Fsp3) is 0.750. The van der Waals surface area contributed by atoms with E-state index in [0.717, 1.165) is 56.1 Å². The number of nitrogens with zero attached hydrogens (tertiary/aromatic N) is 3. The summed E-state index contributed by atoms with van der Waals surface area (Å²) in [4.78, 5) is 10.1. The highest BCUT2D eigenvalue weighted by Gasteiger charge is 2.33. The van der Waals surface area contributed by atoms with Crippen LogP contribution in [0.4, 0.5) is 13.2 Å². The zero-order valence-corrected chi connectivity index (χ0v) is 18.7. The summed E-state index contributed by atoms with van der Waals surface area (Å²) in [5, 5.41) is 7.88. The van der Waals surface area contributed by atoms with Gasteiger partial charge in [0.05, 0.1) is 18.2 Å². The smallest absolute Gasteiger partial charge is 0.379 e. The van der Waals surface area contributed by atoms with Gasteiger partial charge < -0.3 is 15.4 Å². The van der Waals surface area contributed by atoms with E-state index in [1.807, 2.05) is 0 Å². The third-order valence-corrected chi connectivity index (χ3v) is 4.90. The average molecular weight is 521 g/mol. The van der Waals surface area contributed by atoms with Crippen LogP contribution in [0.5, 0.6) is 0 Å². The Morgan fingerprint density at radius 2 is 2.07 bits per heavy atom. The van der Waals surface area contributed by atoms with Gasteiger partial charge >= 0.3 is 6.18 Å². The van der Waals surface area contributed by atoms with Crippen LogP contribution in [-0.2, 0) is 17.3 Å². The molecule has 1 atom stereocenters. The van der Waals surface area contributed by atoms with Gasteiger partial charge in [-0.15, -0.1) is 35.3 Å². The maximum Gasteiger partial charge on any atom is 0.434 e. The lowest BCUT2D eigenvalue weighted by atomic mass is 10.1. The zero-order valence-electron chi connectivity index (χ0n) is 15.5. The summed E-state index contributed by atoms with van der Waals surface area (Å²) in [7, 11) is 1.67. The predicted octanol–water partition coefficient (Wildman–Crippen LogP) is 2.46. The van der Waals surface area contributed by atoms with Gasteiger partial charge in [0.25, 0.3) is 0 Å². The van der Waals surface area contributed by atoms with Crippen molar-refractivity contribution in [3.8, 4) is 0 Å². The van der Waals surface area contributed by atoms with Crippen LogP contribution in [0.2, 0.25) is 0 Å². The fourth-order valence-corrected chi connectivity index (χ4v) is 3.43. The normalized spacial score (nSPS) is 17.3. The van der Waals surface area contributed by atoms with E-state index in [-0.39, 0.29) is 24.0 Å². The molecule has 27 heavy (non-hydrogen) atoms. The summed E-state index contributed by atoms with van der Waals surface area (Å²) in [5.41, 5.74) is -0.822. The van der Waals surface area contributed by atoms with E-state index in [1.165, 1.54) is 0 Å². The minimum atomic E-state index is -4.38. The highest BCUT2D eigenvalue weighted by molar-refractivity contribution is 14.0. The third kappa shape index (κ3) is 8.92. The van der Waals surface area contributed by atoms with Crippen molar-refractivity contribution in [2.24, 2.45) is 10.9 Å². The monoisotopic (exact) mass is 521 g/mol. The van der Waals surface area contributed by atoms with Gasteiger partial charge in [-0.3, -0.25) is 9.89 Å². The molecular formula is C16H27F3IN5OS. The second kappa shape index (κ2) is 12.0. The number of rotatable bonds is 7. The molecule has 0 spiro atoms. The maximum atomic E-state index is 12.5. The first-order valence-electron chi connectivity index (χ1n) is 8.64. The van der Waals surface area contributed by atoms with E-state index >= 15 is 0 Å². The average Bonchev–Trinajstić information content (AvgIpc) is 3.08. The first-order valence-corrected chi connectivity index (χ1v) is 9.52. The molecule has 1 aromatic heterocycles. The lowest BCUT2D eigenvalue weighted by Gasteiger charge is -2.29. The number of hydrogen-bond donors (Lipinski definition) is 2. The number of halogens is 4. The second-order valence-corrected chi connectivity index (χ2v) is 7.21. The zero-order chi connectivity index (χ0) is 19.0. The third-order valence-electron chi connectivity index (χ3n) is 3.99. The molecule has 1 unspecified atom stereocenters. The van der Waals surface area contributed by atoms with Gasteiger partial charge in [-0.05, 0) is 5.92 Å². The maximum absolute atomic E-state index is 12.5. The van der Waals surface area contributed by atoms with Crippen molar-refractivity contribution in [1.82, 2.24) is 20.5 Å². The van der Waals surface area contributed by atoms with E-state index in [1.54, 1.807) is 7.05 Å². The van der Waals surface area contributed by atoms with Crippen LogP contribution in [0.1, 0.15) is 17.6 Å².